The van der Waals surface area contributed by atoms with Crippen LogP contribution in [0.15, 0.2) is 70.9 Å². The number of sulfonamides is 1. The number of anilines is 1. The van der Waals surface area contributed by atoms with Crippen molar-refractivity contribution >= 4 is 38.2 Å². The highest BCUT2D eigenvalue weighted by Crippen LogP contribution is 2.27. The molecule has 0 radical (unpaired) electrons. The van der Waals surface area contributed by atoms with Gasteiger partial charge in [0, 0.05) is 17.5 Å². The second-order valence-electron chi connectivity index (χ2n) is 8.69. The van der Waals surface area contributed by atoms with Gasteiger partial charge in [-0.3, -0.25) is 9.59 Å². The minimum atomic E-state index is -3.74. The molecule has 2 aromatic carbocycles. The first kappa shape index (κ1) is 25.5. The molecule has 7 nitrogen and oxygen atoms in total. The van der Waals surface area contributed by atoms with E-state index < -0.39 is 39.2 Å². The first-order chi connectivity index (χ1) is 15.9. The summed E-state index contributed by atoms with van der Waals surface area (Å²) < 4.78 is 40.9. The van der Waals surface area contributed by atoms with Crippen LogP contribution in [0.1, 0.15) is 36.7 Å². The molecular weight excluding hydrogens is 477 g/mol. The Hall–Kier alpha value is -3.08. The van der Waals surface area contributed by atoms with Crippen molar-refractivity contribution in [2.45, 2.75) is 43.0 Å². The van der Waals surface area contributed by atoms with Crippen LogP contribution in [0.5, 0.6) is 0 Å². The molecule has 1 atom stereocenters. The van der Waals surface area contributed by atoms with Gasteiger partial charge in [0.2, 0.25) is 5.91 Å². The zero-order valence-corrected chi connectivity index (χ0v) is 20.6. The van der Waals surface area contributed by atoms with E-state index in [0.717, 1.165) is 16.9 Å². The molecule has 0 fully saturated rings. The van der Waals surface area contributed by atoms with Gasteiger partial charge >= 0.3 is 0 Å². The molecular formula is C24H26FN3O4S2. The van der Waals surface area contributed by atoms with E-state index in [2.05, 4.69) is 15.4 Å². The summed E-state index contributed by atoms with van der Waals surface area (Å²) >= 11 is 0.913. The minimum absolute atomic E-state index is 0.0627. The summed E-state index contributed by atoms with van der Waals surface area (Å²) in [6.45, 7) is 5.20. The lowest BCUT2D eigenvalue weighted by atomic mass is 10.0. The van der Waals surface area contributed by atoms with Crippen molar-refractivity contribution in [2.75, 3.05) is 5.32 Å². The molecule has 0 aliphatic heterocycles. The quantitative estimate of drug-likeness (QED) is 0.433. The van der Waals surface area contributed by atoms with E-state index in [-0.39, 0.29) is 16.2 Å². The normalized spacial score (nSPS) is 12.7. The first-order valence-corrected chi connectivity index (χ1v) is 12.8. The largest absolute Gasteiger partial charge is 0.340 e. The summed E-state index contributed by atoms with van der Waals surface area (Å²) in [6, 6.07) is 16.1. The van der Waals surface area contributed by atoms with E-state index in [1.807, 2.05) is 30.3 Å². The number of carbonyl (C=O) groups is 2. The highest BCUT2D eigenvalue weighted by molar-refractivity contribution is 7.91. The van der Waals surface area contributed by atoms with Crippen molar-refractivity contribution in [3.8, 4) is 0 Å². The van der Waals surface area contributed by atoms with Crippen LogP contribution in [0.25, 0.3) is 0 Å². The van der Waals surface area contributed by atoms with E-state index in [1.165, 1.54) is 36.4 Å². The maximum absolute atomic E-state index is 13.2. The summed E-state index contributed by atoms with van der Waals surface area (Å²) in [7, 11) is -3.74. The molecule has 0 bridgehead atoms. The number of halogens is 1. The SMILES string of the molecule is CC(C)(C)NS(=O)(=O)c1ccc(NC(=O)C(Cc2ccccc2)NC(=O)c2ccc(F)cc2)s1. The second-order valence-corrected chi connectivity index (χ2v) is 11.7. The molecule has 0 aliphatic rings. The van der Waals surface area contributed by atoms with Crippen LogP contribution in [0.2, 0.25) is 0 Å². The van der Waals surface area contributed by atoms with Crippen molar-refractivity contribution in [2.24, 2.45) is 0 Å². The smallest absolute Gasteiger partial charge is 0.251 e. The number of hydrogen-bond donors (Lipinski definition) is 3. The third kappa shape index (κ3) is 7.21. The van der Waals surface area contributed by atoms with Gasteiger partial charge in [-0.25, -0.2) is 17.5 Å². The number of carbonyl (C=O) groups excluding carboxylic acids is 2. The molecule has 3 N–H and O–H groups in total. The summed E-state index contributed by atoms with van der Waals surface area (Å²) in [4.78, 5) is 25.8. The van der Waals surface area contributed by atoms with E-state index in [9.17, 15) is 22.4 Å². The van der Waals surface area contributed by atoms with Gasteiger partial charge in [0.25, 0.3) is 15.9 Å². The number of benzene rings is 2. The molecule has 1 unspecified atom stereocenters. The number of thiophene rings is 1. The Balaban J connectivity index is 1.78. The highest BCUT2D eigenvalue weighted by Gasteiger charge is 2.26. The zero-order valence-electron chi connectivity index (χ0n) is 19.0. The van der Waals surface area contributed by atoms with Crippen LogP contribution in [-0.2, 0) is 21.2 Å². The van der Waals surface area contributed by atoms with Crippen LogP contribution in [-0.4, -0.2) is 31.8 Å². The number of hydrogen-bond acceptors (Lipinski definition) is 5. The molecule has 3 rings (SSSR count). The Labute approximate surface area is 202 Å². The van der Waals surface area contributed by atoms with Crippen LogP contribution in [0, 0.1) is 5.82 Å². The molecule has 0 saturated heterocycles. The molecule has 3 aromatic rings. The average molecular weight is 504 g/mol. The summed E-state index contributed by atoms with van der Waals surface area (Å²) in [5, 5.41) is 5.71. The fraction of sp³-hybridized carbons (Fsp3) is 0.250. The van der Waals surface area contributed by atoms with E-state index in [0.29, 0.717) is 5.00 Å². The van der Waals surface area contributed by atoms with Crippen LogP contribution in [0.4, 0.5) is 9.39 Å². The maximum atomic E-state index is 13.2. The van der Waals surface area contributed by atoms with Crippen molar-refractivity contribution < 1.29 is 22.4 Å². The molecule has 180 valence electrons. The van der Waals surface area contributed by atoms with Gasteiger partial charge in [0.15, 0.2) is 0 Å². The lowest BCUT2D eigenvalue weighted by Crippen LogP contribution is -2.45. The molecule has 0 aliphatic carbocycles. The lowest BCUT2D eigenvalue weighted by molar-refractivity contribution is -0.117. The van der Waals surface area contributed by atoms with Crippen LogP contribution >= 0.6 is 11.3 Å². The molecule has 0 spiro atoms. The van der Waals surface area contributed by atoms with Crippen molar-refractivity contribution in [1.82, 2.24) is 10.0 Å². The highest BCUT2D eigenvalue weighted by atomic mass is 32.2. The van der Waals surface area contributed by atoms with Gasteiger partial charge in [0.05, 0.1) is 5.00 Å². The fourth-order valence-electron chi connectivity index (χ4n) is 3.10. The van der Waals surface area contributed by atoms with Gasteiger partial charge in [0.1, 0.15) is 16.1 Å². The summed E-state index contributed by atoms with van der Waals surface area (Å²) in [6.07, 6.45) is 0.210. The molecule has 1 aromatic heterocycles. The second kappa shape index (κ2) is 10.5. The Bertz CT molecular complexity index is 1250. The molecule has 2 amide bonds. The van der Waals surface area contributed by atoms with Crippen molar-refractivity contribution in [1.29, 1.82) is 0 Å². The molecule has 34 heavy (non-hydrogen) atoms. The number of nitrogens with one attached hydrogen (secondary N) is 3. The fourth-order valence-corrected chi connectivity index (χ4v) is 5.72. The van der Waals surface area contributed by atoms with Gasteiger partial charge in [-0.2, -0.15) is 0 Å². The van der Waals surface area contributed by atoms with Gasteiger partial charge < -0.3 is 10.6 Å². The maximum Gasteiger partial charge on any atom is 0.251 e. The zero-order chi connectivity index (χ0) is 24.9. The minimum Gasteiger partial charge on any atom is -0.340 e. The molecule has 10 heteroatoms. The number of amides is 2. The Morgan fingerprint density at radius 1 is 0.971 bits per heavy atom. The van der Waals surface area contributed by atoms with Crippen LogP contribution in [0.3, 0.4) is 0 Å². The predicted molar refractivity (Wildman–Crippen MR) is 131 cm³/mol. The first-order valence-electron chi connectivity index (χ1n) is 10.5. The Morgan fingerprint density at radius 2 is 1.62 bits per heavy atom. The summed E-state index contributed by atoms with van der Waals surface area (Å²) in [5.74, 6) is -1.51. The van der Waals surface area contributed by atoms with E-state index in [4.69, 9.17) is 0 Å². The standard InChI is InChI=1S/C24H26FN3O4S2/c1-24(2,3)28-34(31,32)21-14-13-20(33-21)27-23(30)19(15-16-7-5-4-6-8-16)26-22(29)17-9-11-18(25)12-10-17/h4-14,19,28H,15H2,1-3H3,(H,26,29)(H,27,30). The van der Waals surface area contributed by atoms with Gasteiger partial charge in [-0.15, -0.1) is 11.3 Å². The van der Waals surface area contributed by atoms with Gasteiger partial charge in [-0.05, 0) is 62.7 Å². The number of rotatable bonds is 8. The Morgan fingerprint density at radius 3 is 2.24 bits per heavy atom. The third-order valence-corrected chi connectivity index (χ3v) is 7.79. The Kier molecular flexibility index (Phi) is 7.86. The predicted octanol–water partition coefficient (Wildman–Crippen LogP) is 3.94. The average Bonchev–Trinajstić information content (AvgIpc) is 3.22. The van der Waals surface area contributed by atoms with Crippen LogP contribution < -0.4 is 15.4 Å². The van der Waals surface area contributed by atoms with Crippen molar-refractivity contribution in [3.63, 3.8) is 0 Å². The lowest BCUT2D eigenvalue weighted by Gasteiger charge is -2.19. The van der Waals surface area contributed by atoms with Gasteiger partial charge in [-0.1, -0.05) is 30.3 Å². The molecule has 0 saturated carbocycles. The van der Waals surface area contributed by atoms with E-state index in [1.54, 1.807) is 20.8 Å². The molecule has 1 heterocycles. The van der Waals surface area contributed by atoms with E-state index >= 15 is 0 Å². The summed E-state index contributed by atoms with van der Waals surface area (Å²) in [5.41, 5.74) is 0.383. The van der Waals surface area contributed by atoms with Crippen molar-refractivity contribution in [3.05, 3.63) is 83.7 Å². The third-order valence-electron chi connectivity index (χ3n) is 4.54. The monoisotopic (exact) mass is 503 g/mol. The topological polar surface area (TPSA) is 104 Å².